The second-order valence-electron chi connectivity index (χ2n) is 6.62. The van der Waals surface area contributed by atoms with Gasteiger partial charge in [0.2, 0.25) is 0 Å². The minimum absolute atomic E-state index is 0.107. The third-order valence-electron chi connectivity index (χ3n) is 3.85. The van der Waals surface area contributed by atoms with Crippen LogP contribution in [0.3, 0.4) is 0 Å². The zero-order valence-electron chi connectivity index (χ0n) is 11.5. The maximum atomic E-state index is 6.14. The lowest BCUT2D eigenvalue weighted by molar-refractivity contribution is -0.0976. The van der Waals surface area contributed by atoms with Crippen molar-refractivity contribution in [1.29, 1.82) is 0 Å². The minimum Gasteiger partial charge on any atom is -0.371 e. The van der Waals surface area contributed by atoms with E-state index in [2.05, 4.69) is 50.5 Å². The molecule has 0 N–H and O–H groups in total. The Kier molecular flexibility index (Phi) is 4.88. The Morgan fingerprint density at radius 2 is 1.75 bits per heavy atom. The Morgan fingerprint density at radius 1 is 1.25 bits per heavy atom. The van der Waals surface area contributed by atoms with E-state index in [-0.39, 0.29) is 5.60 Å². The molecular weight excluding hydrogens is 264 g/mol. The molecule has 0 spiro atoms. The monoisotopic (exact) mass is 290 g/mol. The molecule has 96 valence electrons. The zero-order chi connectivity index (χ0) is 12.4. The molecule has 0 bridgehead atoms. The second-order valence-corrected chi connectivity index (χ2v) is 7.18. The average molecular weight is 291 g/mol. The Hall–Kier alpha value is 0.440. The van der Waals surface area contributed by atoms with E-state index < -0.39 is 0 Å². The Balaban J connectivity index is 2.57. The molecule has 0 atom stereocenters. The van der Waals surface area contributed by atoms with Crippen LogP contribution in [0.1, 0.15) is 60.3 Å². The van der Waals surface area contributed by atoms with Gasteiger partial charge in [0, 0.05) is 5.33 Å². The lowest BCUT2D eigenvalue weighted by Crippen LogP contribution is -2.42. The van der Waals surface area contributed by atoms with E-state index in [4.69, 9.17) is 4.74 Å². The van der Waals surface area contributed by atoms with E-state index in [9.17, 15) is 0 Å². The van der Waals surface area contributed by atoms with Crippen molar-refractivity contribution in [2.24, 2.45) is 11.3 Å². The molecule has 2 heteroatoms. The summed E-state index contributed by atoms with van der Waals surface area (Å²) in [4.78, 5) is 0. The molecule has 1 nitrogen and oxygen atoms in total. The van der Waals surface area contributed by atoms with Crippen molar-refractivity contribution in [2.75, 3.05) is 5.33 Å². The molecule has 1 aliphatic carbocycles. The summed E-state index contributed by atoms with van der Waals surface area (Å²) < 4.78 is 6.14. The molecule has 1 rings (SSSR count). The number of hydrogen-bond acceptors (Lipinski definition) is 1. The normalized spacial score (nSPS) is 32.1. The highest BCUT2D eigenvalue weighted by atomic mass is 79.9. The van der Waals surface area contributed by atoms with Gasteiger partial charge < -0.3 is 4.74 Å². The fourth-order valence-electron chi connectivity index (χ4n) is 2.79. The van der Waals surface area contributed by atoms with Crippen LogP contribution in [0, 0.1) is 11.3 Å². The second kappa shape index (κ2) is 5.39. The first-order valence-electron chi connectivity index (χ1n) is 6.53. The van der Waals surface area contributed by atoms with Gasteiger partial charge in [0.15, 0.2) is 0 Å². The van der Waals surface area contributed by atoms with Crippen LogP contribution in [0.5, 0.6) is 0 Å². The SMILES string of the molecule is CC(C)OC1(CBr)CCC(C(C)(C)C)CC1. The summed E-state index contributed by atoms with van der Waals surface area (Å²) in [6, 6.07) is 0. The van der Waals surface area contributed by atoms with Crippen molar-refractivity contribution in [1.82, 2.24) is 0 Å². The first-order chi connectivity index (χ1) is 7.29. The lowest BCUT2D eigenvalue weighted by Gasteiger charge is -2.44. The molecule has 1 aliphatic rings. The fraction of sp³-hybridized carbons (Fsp3) is 1.00. The highest BCUT2D eigenvalue weighted by Gasteiger charge is 2.39. The van der Waals surface area contributed by atoms with Crippen LogP contribution in [0.4, 0.5) is 0 Å². The van der Waals surface area contributed by atoms with E-state index in [0.29, 0.717) is 11.5 Å². The van der Waals surface area contributed by atoms with Crippen LogP contribution in [-0.4, -0.2) is 17.0 Å². The fourth-order valence-corrected chi connectivity index (χ4v) is 3.49. The Bertz CT molecular complexity index is 209. The van der Waals surface area contributed by atoms with Crippen molar-refractivity contribution in [3.8, 4) is 0 Å². The molecule has 0 unspecified atom stereocenters. The quantitative estimate of drug-likeness (QED) is 0.680. The minimum atomic E-state index is 0.107. The summed E-state index contributed by atoms with van der Waals surface area (Å²) in [5.41, 5.74) is 0.562. The number of hydrogen-bond donors (Lipinski definition) is 0. The van der Waals surface area contributed by atoms with Crippen LogP contribution < -0.4 is 0 Å². The topological polar surface area (TPSA) is 9.23 Å². The van der Waals surface area contributed by atoms with Crippen LogP contribution >= 0.6 is 15.9 Å². The predicted molar refractivity (Wildman–Crippen MR) is 74.2 cm³/mol. The molecule has 0 heterocycles. The molecule has 0 radical (unpaired) electrons. The standard InChI is InChI=1S/C14H27BrO/c1-11(2)16-14(10-15)8-6-12(7-9-14)13(3,4)5/h11-12H,6-10H2,1-5H3. The molecule has 16 heavy (non-hydrogen) atoms. The van der Waals surface area contributed by atoms with Gasteiger partial charge >= 0.3 is 0 Å². The summed E-state index contributed by atoms with van der Waals surface area (Å²) in [5, 5.41) is 0.981. The van der Waals surface area contributed by atoms with E-state index in [1.165, 1.54) is 25.7 Å². The summed E-state index contributed by atoms with van der Waals surface area (Å²) >= 11 is 3.64. The average Bonchev–Trinajstić information content (AvgIpc) is 2.16. The van der Waals surface area contributed by atoms with Gasteiger partial charge in [-0.1, -0.05) is 36.7 Å². The number of rotatable bonds is 3. The van der Waals surface area contributed by atoms with Gasteiger partial charge in [0.05, 0.1) is 11.7 Å². The summed E-state index contributed by atoms with van der Waals surface area (Å²) in [7, 11) is 0. The summed E-state index contributed by atoms with van der Waals surface area (Å²) in [5.74, 6) is 0.857. The molecular formula is C14H27BrO. The van der Waals surface area contributed by atoms with E-state index in [1.807, 2.05) is 0 Å². The third kappa shape index (κ3) is 3.73. The summed E-state index contributed by atoms with van der Waals surface area (Å²) in [6.07, 6.45) is 5.36. The van der Waals surface area contributed by atoms with Crippen molar-refractivity contribution in [2.45, 2.75) is 72.0 Å². The smallest absolute Gasteiger partial charge is 0.0782 e. The first-order valence-corrected chi connectivity index (χ1v) is 7.65. The molecule has 0 saturated heterocycles. The summed E-state index contributed by atoms with van der Waals surface area (Å²) in [6.45, 7) is 11.4. The van der Waals surface area contributed by atoms with Crippen molar-refractivity contribution >= 4 is 15.9 Å². The van der Waals surface area contributed by atoms with Crippen LogP contribution in [-0.2, 0) is 4.74 Å². The molecule has 0 aromatic carbocycles. The number of alkyl halides is 1. The van der Waals surface area contributed by atoms with Gasteiger partial charge in [-0.25, -0.2) is 0 Å². The van der Waals surface area contributed by atoms with Gasteiger partial charge in [-0.3, -0.25) is 0 Å². The van der Waals surface area contributed by atoms with Crippen LogP contribution in [0.15, 0.2) is 0 Å². The predicted octanol–water partition coefficient (Wildman–Crippen LogP) is 4.78. The van der Waals surface area contributed by atoms with E-state index >= 15 is 0 Å². The maximum absolute atomic E-state index is 6.14. The van der Waals surface area contributed by atoms with Crippen molar-refractivity contribution < 1.29 is 4.74 Å². The van der Waals surface area contributed by atoms with Gasteiger partial charge in [0.1, 0.15) is 0 Å². The lowest BCUT2D eigenvalue weighted by atomic mass is 9.69. The maximum Gasteiger partial charge on any atom is 0.0782 e. The highest BCUT2D eigenvalue weighted by Crippen LogP contribution is 2.43. The van der Waals surface area contributed by atoms with Gasteiger partial charge in [-0.05, 0) is 50.9 Å². The highest BCUT2D eigenvalue weighted by molar-refractivity contribution is 9.09. The molecule has 1 saturated carbocycles. The molecule has 0 amide bonds. The number of halogens is 1. The Morgan fingerprint density at radius 3 is 2.06 bits per heavy atom. The van der Waals surface area contributed by atoms with Crippen molar-refractivity contribution in [3.63, 3.8) is 0 Å². The molecule has 0 aromatic heterocycles. The van der Waals surface area contributed by atoms with Crippen LogP contribution in [0.2, 0.25) is 0 Å². The van der Waals surface area contributed by atoms with E-state index in [0.717, 1.165) is 11.2 Å². The first kappa shape index (κ1) is 14.5. The molecule has 0 aliphatic heterocycles. The zero-order valence-corrected chi connectivity index (χ0v) is 13.1. The van der Waals surface area contributed by atoms with E-state index in [1.54, 1.807) is 0 Å². The van der Waals surface area contributed by atoms with Crippen molar-refractivity contribution in [3.05, 3.63) is 0 Å². The third-order valence-corrected chi connectivity index (χ3v) is 4.87. The molecule has 0 aromatic rings. The van der Waals surface area contributed by atoms with Crippen LogP contribution in [0.25, 0.3) is 0 Å². The van der Waals surface area contributed by atoms with Gasteiger partial charge in [-0.2, -0.15) is 0 Å². The van der Waals surface area contributed by atoms with Gasteiger partial charge in [0.25, 0.3) is 0 Å². The number of ether oxygens (including phenoxy) is 1. The molecule has 1 fully saturated rings. The van der Waals surface area contributed by atoms with Gasteiger partial charge in [-0.15, -0.1) is 0 Å². The Labute approximate surface area is 109 Å². The largest absolute Gasteiger partial charge is 0.371 e.